The van der Waals surface area contributed by atoms with Crippen molar-refractivity contribution in [3.8, 4) is 0 Å². The molecule has 0 saturated heterocycles. The summed E-state index contributed by atoms with van der Waals surface area (Å²) in [5.74, 6) is -0.489. The number of benzene rings is 3. The molecule has 0 aliphatic heterocycles. The Morgan fingerprint density at radius 1 is 1.03 bits per heavy atom. The fourth-order valence-electron chi connectivity index (χ4n) is 3.17. The van der Waals surface area contributed by atoms with Gasteiger partial charge in [-0.15, -0.1) is 0 Å². The van der Waals surface area contributed by atoms with E-state index in [0.717, 1.165) is 21.7 Å². The molecule has 0 bridgehead atoms. The Bertz CT molecular complexity index is 1240. The lowest BCUT2D eigenvalue weighted by Crippen LogP contribution is -2.41. The van der Waals surface area contributed by atoms with Gasteiger partial charge in [0.25, 0.3) is 10.0 Å². The van der Waals surface area contributed by atoms with Gasteiger partial charge in [-0.1, -0.05) is 53.6 Å². The number of carbonyl (C=O) groups is 2. The third-order valence-electron chi connectivity index (χ3n) is 4.98. The molecule has 0 aliphatic carbocycles. The van der Waals surface area contributed by atoms with Crippen molar-refractivity contribution in [2.45, 2.75) is 25.3 Å². The molecule has 0 radical (unpaired) electrons. The van der Waals surface area contributed by atoms with Gasteiger partial charge in [0.2, 0.25) is 5.91 Å². The molecular formula is C24H23ClN2O4S. The Morgan fingerprint density at radius 3 is 2.41 bits per heavy atom. The minimum absolute atomic E-state index is 0.0777. The van der Waals surface area contributed by atoms with Crippen LogP contribution in [0.3, 0.4) is 0 Å². The summed E-state index contributed by atoms with van der Waals surface area (Å²) in [6.45, 7) is 3.30. The molecule has 166 valence electrons. The number of hydrogen-bond acceptors (Lipinski definition) is 4. The van der Waals surface area contributed by atoms with E-state index >= 15 is 0 Å². The highest BCUT2D eigenvalue weighted by Crippen LogP contribution is 2.30. The Labute approximate surface area is 192 Å². The van der Waals surface area contributed by atoms with Gasteiger partial charge < -0.3 is 5.32 Å². The number of amides is 1. The summed E-state index contributed by atoms with van der Waals surface area (Å²) in [5.41, 5.74) is 3.03. The van der Waals surface area contributed by atoms with Crippen molar-refractivity contribution in [2.24, 2.45) is 0 Å². The van der Waals surface area contributed by atoms with E-state index in [0.29, 0.717) is 21.8 Å². The molecule has 0 unspecified atom stereocenters. The highest BCUT2D eigenvalue weighted by molar-refractivity contribution is 7.92. The number of aldehydes is 1. The largest absolute Gasteiger partial charge is 0.350 e. The van der Waals surface area contributed by atoms with E-state index in [4.69, 9.17) is 11.6 Å². The van der Waals surface area contributed by atoms with Crippen LogP contribution in [0.2, 0.25) is 5.02 Å². The summed E-state index contributed by atoms with van der Waals surface area (Å²) in [6.07, 6.45) is 0.725. The predicted octanol–water partition coefficient (Wildman–Crippen LogP) is 4.28. The molecule has 6 nitrogen and oxygen atoms in total. The zero-order valence-corrected chi connectivity index (χ0v) is 19.3. The lowest BCUT2D eigenvalue weighted by molar-refractivity contribution is -0.119. The highest BCUT2D eigenvalue weighted by atomic mass is 35.5. The maximum Gasteiger partial charge on any atom is 0.264 e. The molecule has 1 N–H and O–H groups in total. The zero-order chi connectivity index (χ0) is 23.3. The standard InChI is InChI=1S/C24H23ClN2O4S/c1-17-9-11-21(12-10-17)32(30,31)27(23-8-4-7-22(25)18(23)2)15-24(29)26-14-19-5-3-6-20(13-19)16-28/h3-13,16H,14-15H2,1-2H3,(H,26,29). The summed E-state index contributed by atoms with van der Waals surface area (Å²) >= 11 is 6.23. The minimum atomic E-state index is -4.03. The van der Waals surface area contributed by atoms with Gasteiger partial charge in [-0.05, 0) is 55.3 Å². The van der Waals surface area contributed by atoms with Crippen molar-refractivity contribution in [1.29, 1.82) is 0 Å². The van der Waals surface area contributed by atoms with Gasteiger partial charge in [0, 0.05) is 17.1 Å². The van der Waals surface area contributed by atoms with Crippen molar-refractivity contribution >= 4 is 39.5 Å². The first-order valence-electron chi connectivity index (χ1n) is 9.87. The van der Waals surface area contributed by atoms with E-state index in [1.165, 1.54) is 12.1 Å². The molecule has 3 aromatic carbocycles. The van der Waals surface area contributed by atoms with E-state index in [2.05, 4.69) is 5.32 Å². The van der Waals surface area contributed by atoms with Crippen LogP contribution < -0.4 is 9.62 Å². The third-order valence-corrected chi connectivity index (χ3v) is 7.16. The smallest absolute Gasteiger partial charge is 0.264 e. The summed E-state index contributed by atoms with van der Waals surface area (Å²) in [4.78, 5) is 23.8. The molecule has 0 aromatic heterocycles. The molecule has 0 saturated carbocycles. The van der Waals surface area contributed by atoms with Gasteiger partial charge in [-0.2, -0.15) is 0 Å². The van der Waals surface area contributed by atoms with Gasteiger partial charge in [-0.3, -0.25) is 13.9 Å². The lowest BCUT2D eigenvalue weighted by atomic mass is 10.1. The number of carbonyl (C=O) groups excluding carboxylic acids is 2. The molecular weight excluding hydrogens is 448 g/mol. The van der Waals surface area contributed by atoms with Crippen LogP contribution in [0.25, 0.3) is 0 Å². The Balaban J connectivity index is 1.90. The zero-order valence-electron chi connectivity index (χ0n) is 17.7. The number of aryl methyl sites for hydroxylation is 1. The maximum atomic E-state index is 13.5. The summed E-state index contributed by atoms with van der Waals surface area (Å²) in [5, 5.41) is 3.12. The third kappa shape index (κ3) is 5.36. The van der Waals surface area contributed by atoms with Crippen LogP contribution in [-0.2, 0) is 21.4 Å². The first-order valence-corrected chi connectivity index (χ1v) is 11.7. The molecule has 32 heavy (non-hydrogen) atoms. The highest BCUT2D eigenvalue weighted by Gasteiger charge is 2.28. The number of sulfonamides is 1. The second kappa shape index (κ2) is 9.97. The van der Waals surface area contributed by atoms with E-state index < -0.39 is 22.5 Å². The van der Waals surface area contributed by atoms with E-state index in [1.807, 2.05) is 6.92 Å². The van der Waals surface area contributed by atoms with Crippen LogP contribution in [0.4, 0.5) is 5.69 Å². The van der Waals surface area contributed by atoms with Gasteiger partial charge in [0.1, 0.15) is 12.8 Å². The van der Waals surface area contributed by atoms with Crippen LogP contribution in [0.15, 0.2) is 71.6 Å². The maximum absolute atomic E-state index is 13.5. The number of hydrogen-bond donors (Lipinski definition) is 1. The molecule has 0 fully saturated rings. The van der Waals surface area contributed by atoms with E-state index in [1.54, 1.807) is 61.5 Å². The van der Waals surface area contributed by atoms with E-state index in [-0.39, 0.29) is 11.4 Å². The molecule has 0 heterocycles. The molecule has 1 amide bonds. The van der Waals surface area contributed by atoms with Gasteiger partial charge in [0.05, 0.1) is 10.6 Å². The fraction of sp³-hybridized carbons (Fsp3) is 0.167. The fourth-order valence-corrected chi connectivity index (χ4v) is 4.81. The summed E-state index contributed by atoms with van der Waals surface area (Å²) in [7, 11) is -4.03. The van der Waals surface area contributed by atoms with Crippen molar-refractivity contribution in [3.05, 3.63) is 94.0 Å². The number of nitrogens with one attached hydrogen (secondary N) is 1. The molecule has 0 atom stereocenters. The SMILES string of the molecule is Cc1ccc(S(=O)(=O)N(CC(=O)NCc2cccc(C=O)c2)c2cccc(Cl)c2C)cc1. The van der Waals surface area contributed by atoms with Crippen molar-refractivity contribution in [2.75, 3.05) is 10.8 Å². The van der Waals surface area contributed by atoms with Crippen molar-refractivity contribution in [1.82, 2.24) is 5.32 Å². The van der Waals surface area contributed by atoms with Crippen molar-refractivity contribution in [3.63, 3.8) is 0 Å². The van der Waals surface area contributed by atoms with Crippen LogP contribution in [0.5, 0.6) is 0 Å². The minimum Gasteiger partial charge on any atom is -0.350 e. The first-order chi connectivity index (χ1) is 15.2. The lowest BCUT2D eigenvalue weighted by Gasteiger charge is -2.26. The molecule has 8 heteroatoms. The molecule has 3 rings (SSSR count). The number of nitrogens with zero attached hydrogens (tertiary/aromatic N) is 1. The van der Waals surface area contributed by atoms with Gasteiger partial charge in [-0.25, -0.2) is 8.42 Å². The summed E-state index contributed by atoms with van der Waals surface area (Å²) in [6, 6.07) is 18.2. The topological polar surface area (TPSA) is 83.6 Å². The number of rotatable bonds is 8. The predicted molar refractivity (Wildman–Crippen MR) is 126 cm³/mol. The summed E-state index contributed by atoms with van der Waals surface area (Å²) < 4.78 is 28.0. The molecule has 0 aliphatic rings. The van der Waals surface area contributed by atoms with Crippen LogP contribution >= 0.6 is 11.6 Å². The second-order valence-corrected chi connectivity index (χ2v) is 9.62. The Morgan fingerprint density at radius 2 is 1.72 bits per heavy atom. The van der Waals surface area contributed by atoms with Gasteiger partial charge >= 0.3 is 0 Å². The number of anilines is 1. The van der Waals surface area contributed by atoms with Crippen molar-refractivity contribution < 1.29 is 18.0 Å². The second-order valence-electron chi connectivity index (χ2n) is 7.35. The Kier molecular flexibility index (Phi) is 7.33. The first kappa shape index (κ1) is 23.5. The van der Waals surface area contributed by atoms with Crippen LogP contribution in [0, 0.1) is 13.8 Å². The monoisotopic (exact) mass is 470 g/mol. The average Bonchev–Trinajstić information content (AvgIpc) is 2.78. The quantitative estimate of drug-likeness (QED) is 0.498. The molecule has 0 spiro atoms. The van der Waals surface area contributed by atoms with Crippen LogP contribution in [0.1, 0.15) is 27.0 Å². The van der Waals surface area contributed by atoms with Crippen LogP contribution in [-0.4, -0.2) is 27.2 Å². The number of halogens is 1. The average molecular weight is 471 g/mol. The van der Waals surface area contributed by atoms with E-state index in [9.17, 15) is 18.0 Å². The molecule has 3 aromatic rings. The normalized spacial score (nSPS) is 11.1. The Hall–Kier alpha value is -3.16. The van der Waals surface area contributed by atoms with Gasteiger partial charge in [0.15, 0.2) is 0 Å².